The Morgan fingerprint density at radius 3 is 2.80 bits per heavy atom. The number of aryl methyl sites for hydroxylation is 1. The van der Waals surface area contributed by atoms with Gasteiger partial charge in [-0.3, -0.25) is 5.32 Å². The highest BCUT2D eigenvalue weighted by Crippen LogP contribution is 2.34. The van der Waals surface area contributed by atoms with Gasteiger partial charge in [-0.25, -0.2) is 0 Å². The lowest BCUT2D eigenvalue weighted by molar-refractivity contribution is 0.411. The standard InChI is InChI=1S/C12H17NOS/c1-8-6-10(4-5-11(8)14-3)12-13-9(2)7-15-12/h4-6,9,12-13H,7H2,1-3H3. The highest BCUT2D eigenvalue weighted by Gasteiger charge is 2.22. The summed E-state index contributed by atoms with van der Waals surface area (Å²) < 4.78 is 5.26. The molecule has 1 N–H and O–H groups in total. The summed E-state index contributed by atoms with van der Waals surface area (Å²) in [5, 5.41) is 4.01. The molecule has 1 aromatic carbocycles. The van der Waals surface area contributed by atoms with E-state index < -0.39 is 0 Å². The number of rotatable bonds is 2. The fraction of sp³-hybridized carbons (Fsp3) is 0.500. The van der Waals surface area contributed by atoms with Crippen LogP contribution < -0.4 is 10.1 Å². The summed E-state index contributed by atoms with van der Waals surface area (Å²) >= 11 is 1.97. The molecule has 2 unspecified atom stereocenters. The van der Waals surface area contributed by atoms with E-state index in [1.54, 1.807) is 7.11 Å². The van der Waals surface area contributed by atoms with E-state index >= 15 is 0 Å². The van der Waals surface area contributed by atoms with E-state index in [2.05, 4.69) is 37.4 Å². The van der Waals surface area contributed by atoms with Crippen molar-refractivity contribution in [1.82, 2.24) is 5.32 Å². The first-order valence-electron chi connectivity index (χ1n) is 5.23. The Bertz CT molecular complexity index is 353. The average Bonchev–Trinajstić information content (AvgIpc) is 2.65. The molecule has 0 bridgehead atoms. The Morgan fingerprint density at radius 1 is 1.47 bits per heavy atom. The number of methoxy groups -OCH3 is 1. The Labute approximate surface area is 95.4 Å². The van der Waals surface area contributed by atoms with Crippen molar-refractivity contribution in [3.8, 4) is 5.75 Å². The number of thioether (sulfide) groups is 1. The molecule has 2 atom stereocenters. The van der Waals surface area contributed by atoms with E-state index in [-0.39, 0.29) is 0 Å². The van der Waals surface area contributed by atoms with Crippen molar-refractivity contribution < 1.29 is 4.74 Å². The van der Waals surface area contributed by atoms with Crippen LogP contribution in [0.15, 0.2) is 18.2 Å². The van der Waals surface area contributed by atoms with Crippen LogP contribution in [0.25, 0.3) is 0 Å². The minimum absolute atomic E-state index is 0.449. The molecule has 15 heavy (non-hydrogen) atoms. The number of benzene rings is 1. The second kappa shape index (κ2) is 4.45. The second-order valence-corrected chi connectivity index (χ2v) is 5.15. The molecular formula is C12H17NOS. The zero-order valence-electron chi connectivity index (χ0n) is 9.41. The molecule has 1 aromatic rings. The molecule has 1 aliphatic heterocycles. The van der Waals surface area contributed by atoms with Gasteiger partial charge in [0.1, 0.15) is 5.75 Å². The number of nitrogens with one attached hydrogen (secondary N) is 1. The molecule has 1 saturated heterocycles. The van der Waals surface area contributed by atoms with Gasteiger partial charge in [-0.2, -0.15) is 0 Å². The molecule has 0 amide bonds. The molecule has 0 spiro atoms. The molecule has 82 valence electrons. The molecule has 0 radical (unpaired) electrons. The van der Waals surface area contributed by atoms with Gasteiger partial charge in [0.2, 0.25) is 0 Å². The summed E-state index contributed by atoms with van der Waals surface area (Å²) in [6.07, 6.45) is 0. The van der Waals surface area contributed by atoms with E-state index in [0.717, 1.165) is 5.75 Å². The van der Waals surface area contributed by atoms with Crippen LogP contribution in [-0.4, -0.2) is 18.9 Å². The van der Waals surface area contributed by atoms with Gasteiger partial charge in [0, 0.05) is 11.8 Å². The number of hydrogen-bond donors (Lipinski definition) is 1. The molecule has 1 fully saturated rings. The van der Waals surface area contributed by atoms with E-state index in [0.29, 0.717) is 11.4 Å². The van der Waals surface area contributed by atoms with Gasteiger partial charge in [0.05, 0.1) is 12.5 Å². The Morgan fingerprint density at radius 2 is 2.27 bits per heavy atom. The third-order valence-corrected chi connectivity index (χ3v) is 4.10. The summed E-state index contributed by atoms with van der Waals surface area (Å²) in [6.45, 7) is 4.31. The molecule has 0 aliphatic carbocycles. The molecule has 3 heteroatoms. The molecule has 0 aromatic heterocycles. The van der Waals surface area contributed by atoms with Crippen LogP contribution in [0.4, 0.5) is 0 Å². The van der Waals surface area contributed by atoms with Crippen LogP contribution in [0.3, 0.4) is 0 Å². The fourth-order valence-electron chi connectivity index (χ4n) is 1.85. The lowest BCUT2D eigenvalue weighted by Gasteiger charge is -2.13. The lowest BCUT2D eigenvalue weighted by Crippen LogP contribution is -2.21. The predicted molar refractivity (Wildman–Crippen MR) is 65.5 cm³/mol. The van der Waals surface area contributed by atoms with E-state index in [1.165, 1.54) is 16.9 Å². The molecule has 1 aliphatic rings. The lowest BCUT2D eigenvalue weighted by atomic mass is 10.1. The zero-order chi connectivity index (χ0) is 10.8. The first kappa shape index (κ1) is 10.8. The van der Waals surface area contributed by atoms with E-state index in [4.69, 9.17) is 4.74 Å². The summed E-state index contributed by atoms with van der Waals surface area (Å²) in [6, 6.07) is 7.02. The van der Waals surface area contributed by atoms with Crippen molar-refractivity contribution in [3.63, 3.8) is 0 Å². The summed E-state index contributed by atoms with van der Waals surface area (Å²) in [7, 11) is 1.71. The maximum atomic E-state index is 5.26. The minimum Gasteiger partial charge on any atom is -0.496 e. The van der Waals surface area contributed by atoms with Gasteiger partial charge in [-0.1, -0.05) is 6.07 Å². The first-order chi connectivity index (χ1) is 7.20. The maximum absolute atomic E-state index is 5.26. The second-order valence-electron chi connectivity index (χ2n) is 4.01. The van der Waals surface area contributed by atoms with Crippen molar-refractivity contribution in [2.24, 2.45) is 0 Å². The topological polar surface area (TPSA) is 21.3 Å². The van der Waals surface area contributed by atoms with Crippen molar-refractivity contribution in [2.45, 2.75) is 25.3 Å². The van der Waals surface area contributed by atoms with Crippen LogP contribution in [0, 0.1) is 6.92 Å². The van der Waals surface area contributed by atoms with Gasteiger partial charge in [0.15, 0.2) is 0 Å². The third-order valence-electron chi connectivity index (χ3n) is 2.67. The van der Waals surface area contributed by atoms with Gasteiger partial charge in [-0.05, 0) is 37.1 Å². The summed E-state index contributed by atoms with van der Waals surface area (Å²) in [5.74, 6) is 2.16. The van der Waals surface area contributed by atoms with Crippen molar-refractivity contribution in [1.29, 1.82) is 0 Å². The van der Waals surface area contributed by atoms with Crippen LogP contribution in [0.5, 0.6) is 5.75 Å². The van der Waals surface area contributed by atoms with E-state index in [9.17, 15) is 0 Å². The minimum atomic E-state index is 0.449. The Hall–Kier alpha value is -0.670. The molecule has 0 saturated carbocycles. The average molecular weight is 223 g/mol. The monoisotopic (exact) mass is 223 g/mol. The van der Waals surface area contributed by atoms with Crippen LogP contribution in [0.1, 0.15) is 23.4 Å². The smallest absolute Gasteiger partial charge is 0.121 e. The van der Waals surface area contributed by atoms with Gasteiger partial charge >= 0.3 is 0 Å². The van der Waals surface area contributed by atoms with Crippen LogP contribution >= 0.6 is 11.8 Å². The van der Waals surface area contributed by atoms with Crippen molar-refractivity contribution in [2.75, 3.05) is 12.9 Å². The van der Waals surface area contributed by atoms with Crippen LogP contribution in [0.2, 0.25) is 0 Å². The summed E-state index contributed by atoms with van der Waals surface area (Å²) in [4.78, 5) is 0. The fourth-order valence-corrected chi connectivity index (χ4v) is 3.10. The zero-order valence-corrected chi connectivity index (χ0v) is 10.2. The van der Waals surface area contributed by atoms with Gasteiger partial charge in [0.25, 0.3) is 0 Å². The summed E-state index contributed by atoms with van der Waals surface area (Å²) in [5.41, 5.74) is 2.56. The molecule has 2 nitrogen and oxygen atoms in total. The highest BCUT2D eigenvalue weighted by molar-refractivity contribution is 7.99. The van der Waals surface area contributed by atoms with Crippen molar-refractivity contribution in [3.05, 3.63) is 29.3 Å². The van der Waals surface area contributed by atoms with Crippen LogP contribution in [-0.2, 0) is 0 Å². The van der Waals surface area contributed by atoms with Crippen molar-refractivity contribution >= 4 is 11.8 Å². The number of hydrogen-bond acceptors (Lipinski definition) is 3. The van der Waals surface area contributed by atoms with E-state index in [1.807, 2.05) is 11.8 Å². The maximum Gasteiger partial charge on any atom is 0.121 e. The molecular weight excluding hydrogens is 206 g/mol. The first-order valence-corrected chi connectivity index (χ1v) is 6.28. The van der Waals surface area contributed by atoms with Gasteiger partial charge < -0.3 is 4.74 Å². The molecule has 1 heterocycles. The Balaban J connectivity index is 2.19. The van der Waals surface area contributed by atoms with Gasteiger partial charge in [-0.15, -0.1) is 11.8 Å². The quantitative estimate of drug-likeness (QED) is 0.833. The largest absolute Gasteiger partial charge is 0.496 e. The third kappa shape index (κ3) is 2.29. The highest BCUT2D eigenvalue weighted by atomic mass is 32.2. The molecule has 2 rings (SSSR count). The SMILES string of the molecule is COc1ccc(C2NC(C)CS2)cc1C. The predicted octanol–water partition coefficient (Wildman–Crippen LogP) is 2.73. The number of ether oxygens (including phenoxy) is 1. The normalized spacial score (nSPS) is 25.5. The Kier molecular flexibility index (Phi) is 3.22.